The Balaban J connectivity index is 2.40. The minimum atomic E-state index is -4.44. The number of hydrogen-bond acceptors (Lipinski definition) is 2. The van der Waals surface area contributed by atoms with Crippen LogP contribution in [0.5, 0.6) is 0 Å². The van der Waals surface area contributed by atoms with Gasteiger partial charge in [0.05, 0.1) is 10.6 Å². The third-order valence-corrected chi connectivity index (χ3v) is 4.25. The molecule has 6 heteroatoms. The summed E-state index contributed by atoms with van der Waals surface area (Å²) in [5.74, 6) is 0. The van der Waals surface area contributed by atoms with Crippen LogP contribution in [0.15, 0.2) is 30.4 Å². The van der Waals surface area contributed by atoms with Gasteiger partial charge in [-0.05, 0) is 25.0 Å². The van der Waals surface area contributed by atoms with Crippen molar-refractivity contribution in [1.29, 1.82) is 0 Å². The van der Waals surface area contributed by atoms with Gasteiger partial charge in [-0.3, -0.25) is 4.90 Å². The highest BCUT2D eigenvalue weighted by molar-refractivity contribution is 6.32. The molecule has 0 saturated carbocycles. The maximum absolute atomic E-state index is 13.1. The van der Waals surface area contributed by atoms with Crippen LogP contribution in [0.2, 0.25) is 5.02 Å². The molecular weight excluding hydrogens is 313 g/mol. The number of piperazine rings is 1. The highest BCUT2D eigenvalue weighted by Gasteiger charge is 2.35. The number of nitrogens with one attached hydrogen (secondary N) is 1. The first kappa shape index (κ1) is 17.3. The van der Waals surface area contributed by atoms with Crippen molar-refractivity contribution in [2.75, 3.05) is 26.2 Å². The van der Waals surface area contributed by atoms with Gasteiger partial charge in [0.2, 0.25) is 0 Å². The Kier molecular flexibility index (Phi) is 5.53. The fourth-order valence-corrected chi connectivity index (χ4v) is 3.14. The Morgan fingerprint density at radius 1 is 1.36 bits per heavy atom. The quantitative estimate of drug-likeness (QED) is 0.828. The van der Waals surface area contributed by atoms with Crippen LogP contribution >= 0.6 is 11.6 Å². The van der Waals surface area contributed by atoms with Gasteiger partial charge in [-0.2, -0.15) is 13.2 Å². The molecular formula is C16H20ClF3N2. The van der Waals surface area contributed by atoms with E-state index in [1.54, 1.807) is 6.07 Å². The molecule has 0 aromatic heterocycles. The van der Waals surface area contributed by atoms with E-state index in [2.05, 4.69) is 16.8 Å². The van der Waals surface area contributed by atoms with Gasteiger partial charge in [-0.15, -0.1) is 6.58 Å². The molecule has 1 saturated heterocycles. The summed E-state index contributed by atoms with van der Waals surface area (Å²) in [5, 5.41) is 3.05. The maximum atomic E-state index is 13.1. The molecule has 1 atom stereocenters. The van der Waals surface area contributed by atoms with Crippen molar-refractivity contribution in [2.24, 2.45) is 0 Å². The minimum absolute atomic E-state index is 0.172. The van der Waals surface area contributed by atoms with E-state index in [1.807, 2.05) is 6.92 Å². The van der Waals surface area contributed by atoms with Crippen LogP contribution in [0.4, 0.5) is 13.2 Å². The lowest BCUT2D eigenvalue weighted by molar-refractivity contribution is -0.137. The molecule has 1 aromatic carbocycles. The molecule has 1 aromatic rings. The molecule has 0 amide bonds. The standard InChI is InChI=1S/C16H20ClF3N2/c1-11(2)10-14(22-8-6-21-7-9-22)12-4-3-5-13(15(12)17)16(18,19)20/h3-5,14,21H,1,6-10H2,2H3/t14-/m0/s1. The Hall–Kier alpha value is -1.04. The van der Waals surface area contributed by atoms with Gasteiger partial charge in [0.15, 0.2) is 0 Å². The highest BCUT2D eigenvalue weighted by atomic mass is 35.5. The molecule has 0 aliphatic carbocycles. The zero-order valence-corrected chi connectivity index (χ0v) is 13.3. The molecule has 2 rings (SSSR count). The number of nitrogens with zero attached hydrogens (tertiary/aromatic N) is 1. The molecule has 1 aliphatic heterocycles. The molecule has 1 fully saturated rings. The average molecular weight is 333 g/mol. The third-order valence-electron chi connectivity index (χ3n) is 3.83. The summed E-state index contributed by atoms with van der Waals surface area (Å²) in [6, 6.07) is 3.97. The van der Waals surface area contributed by atoms with E-state index < -0.39 is 11.7 Å². The number of hydrogen-bond donors (Lipinski definition) is 1. The molecule has 22 heavy (non-hydrogen) atoms. The molecule has 1 N–H and O–H groups in total. The summed E-state index contributed by atoms with van der Waals surface area (Å²) in [6.07, 6.45) is -3.84. The Morgan fingerprint density at radius 3 is 2.55 bits per heavy atom. The van der Waals surface area contributed by atoms with Crippen LogP contribution in [0, 0.1) is 0 Å². The largest absolute Gasteiger partial charge is 0.417 e. The van der Waals surface area contributed by atoms with Gasteiger partial charge in [0.25, 0.3) is 0 Å². The molecule has 1 aliphatic rings. The fraction of sp³-hybridized carbons (Fsp3) is 0.500. The first-order valence-electron chi connectivity index (χ1n) is 7.25. The van der Waals surface area contributed by atoms with Crippen LogP contribution in [-0.4, -0.2) is 31.1 Å². The van der Waals surface area contributed by atoms with E-state index in [0.29, 0.717) is 12.0 Å². The molecule has 0 bridgehead atoms. The SMILES string of the molecule is C=C(C)C[C@@H](c1cccc(C(F)(F)F)c1Cl)N1CCNCC1. The summed E-state index contributed by atoms with van der Waals surface area (Å²) in [4.78, 5) is 2.17. The molecule has 0 spiro atoms. The van der Waals surface area contributed by atoms with Gasteiger partial charge in [-0.1, -0.05) is 29.3 Å². The van der Waals surface area contributed by atoms with Gasteiger partial charge < -0.3 is 5.32 Å². The third kappa shape index (κ3) is 4.03. The zero-order chi connectivity index (χ0) is 16.3. The summed E-state index contributed by atoms with van der Waals surface area (Å²) >= 11 is 6.10. The molecule has 0 radical (unpaired) electrons. The van der Waals surface area contributed by atoms with Crippen molar-refractivity contribution in [1.82, 2.24) is 10.2 Å². The van der Waals surface area contributed by atoms with Crippen LogP contribution in [0.3, 0.4) is 0 Å². The maximum Gasteiger partial charge on any atom is 0.417 e. The Labute approximate surface area is 133 Å². The summed E-state index contributed by atoms with van der Waals surface area (Å²) in [7, 11) is 0. The van der Waals surface area contributed by atoms with E-state index in [4.69, 9.17) is 11.6 Å². The molecule has 2 nitrogen and oxygen atoms in total. The minimum Gasteiger partial charge on any atom is -0.314 e. The number of halogens is 4. The average Bonchev–Trinajstić information content (AvgIpc) is 2.45. The second kappa shape index (κ2) is 7.02. The van der Waals surface area contributed by atoms with Crippen molar-refractivity contribution in [2.45, 2.75) is 25.6 Å². The first-order chi connectivity index (χ1) is 10.3. The lowest BCUT2D eigenvalue weighted by Gasteiger charge is -2.36. The Bertz CT molecular complexity index is 537. The number of alkyl halides is 3. The van der Waals surface area contributed by atoms with Gasteiger partial charge in [-0.25, -0.2) is 0 Å². The van der Waals surface area contributed by atoms with Crippen molar-refractivity contribution in [3.63, 3.8) is 0 Å². The topological polar surface area (TPSA) is 15.3 Å². The van der Waals surface area contributed by atoms with Crippen LogP contribution in [0.1, 0.15) is 30.5 Å². The van der Waals surface area contributed by atoms with Gasteiger partial charge in [0, 0.05) is 32.2 Å². The summed E-state index contributed by atoms with van der Waals surface area (Å²) in [6.45, 7) is 9.00. The lowest BCUT2D eigenvalue weighted by Crippen LogP contribution is -2.45. The van der Waals surface area contributed by atoms with Gasteiger partial charge >= 0.3 is 6.18 Å². The van der Waals surface area contributed by atoms with Crippen molar-refractivity contribution < 1.29 is 13.2 Å². The van der Waals surface area contributed by atoms with E-state index in [-0.39, 0.29) is 11.1 Å². The van der Waals surface area contributed by atoms with E-state index in [9.17, 15) is 13.2 Å². The normalized spacial score (nSPS) is 18.2. The fourth-order valence-electron chi connectivity index (χ4n) is 2.79. The van der Waals surface area contributed by atoms with Crippen molar-refractivity contribution in [3.8, 4) is 0 Å². The summed E-state index contributed by atoms with van der Waals surface area (Å²) < 4.78 is 39.2. The van der Waals surface area contributed by atoms with E-state index >= 15 is 0 Å². The number of rotatable bonds is 4. The second-order valence-corrected chi connectivity index (χ2v) is 6.05. The molecule has 122 valence electrons. The molecule has 0 unspecified atom stereocenters. The van der Waals surface area contributed by atoms with Crippen molar-refractivity contribution in [3.05, 3.63) is 46.5 Å². The van der Waals surface area contributed by atoms with E-state index in [1.165, 1.54) is 6.07 Å². The van der Waals surface area contributed by atoms with Crippen LogP contribution in [-0.2, 0) is 6.18 Å². The van der Waals surface area contributed by atoms with Crippen molar-refractivity contribution >= 4 is 11.6 Å². The highest BCUT2D eigenvalue weighted by Crippen LogP contribution is 2.40. The van der Waals surface area contributed by atoms with E-state index in [0.717, 1.165) is 37.8 Å². The van der Waals surface area contributed by atoms with Crippen LogP contribution < -0.4 is 5.32 Å². The molecule has 1 heterocycles. The van der Waals surface area contributed by atoms with Crippen LogP contribution in [0.25, 0.3) is 0 Å². The monoisotopic (exact) mass is 332 g/mol. The second-order valence-electron chi connectivity index (χ2n) is 5.67. The predicted octanol–water partition coefficient (Wildman–Crippen LogP) is 4.27. The zero-order valence-electron chi connectivity index (χ0n) is 12.5. The number of benzene rings is 1. The smallest absolute Gasteiger partial charge is 0.314 e. The first-order valence-corrected chi connectivity index (χ1v) is 7.63. The predicted molar refractivity (Wildman–Crippen MR) is 83.1 cm³/mol. The van der Waals surface area contributed by atoms with Gasteiger partial charge in [0.1, 0.15) is 0 Å². The summed E-state index contributed by atoms with van der Waals surface area (Å²) in [5.41, 5.74) is 0.687. The lowest BCUT2D eigenvalue weighted by atomic mass is 9.96. The Morgan fingerprint density at radius 2 is 2.00 bits per heavy atom.